The van der Waals surface area contributed by atoms with Gasteiger partial charge in [-0.15, -0.1) is 0 Å². The van der Waals surface area contributed by atoms with Gasteiger partial charge in [-0.3, -0.25) is 14.9 Å². The monoisotopic (exact) mass is 277 g/mol. The molecule has 2 N–H and O–H groups in total. The summed E-state index contributed by atoms with van der Waals surface area (Å²) in [7, 11) is 0. The number of rotatable bonds is 4. The maximum atomic E-state index is 11.6. The molecule has 6 nitrogen and oxygen atoms in total. The third-order valence-electron chi connectivity index (χ3n) is 3.19. The van der Waals surface area contributed by atoms with E-state index >= 15 is 0 Å². The average molecular weight is 277 g/mol. The van der Waals surface area contributed by atoms with Gasteiger partial charge in [-0.05, 0) is 39.0 Å². The zero-order valence-corrected chi connectivity index (χ0v) is 11.6. The predicted octanol–water partition coefficient (Wildman–Crippen LogP) is 1.93. The molecular weight excluding hydrogens is 258 g/mol. The number of nitrogens with one attached hydrogen (secondary N) is 2. The lowest BCUT2D eigenvalue weighted by molar-refractivity contribution is -0.136. The highest BCUT2D eigenvalue weighted by molar-refractivity contribution is 6.39. The lowest BCUT2D eigenvalue weighted by Crippen LogP contribution is -2.36. The second-order valence-corrected chi connectivity index (χ2v) is 4.89. The van der Waals surface area contributed by atoms with Crippen LogP contribution in [0.1, 0.15) is 37.9 Å². The molecule has 1 heterocycles. The molecular formula is C14H19N3O3. The molecule has 0 saturated carbocycles. The standard InChI is InChI=1S/C14H19N3O3/c1-10-9-12(17-20-10)16-14(19)13(18)15-8-7-11-5-3-2-4-6-11/h5,9H,2-4,6-8H2,1H3,(H,15,18)(H,16,17,19). The number of allylic oxidation sites excluding steroid dienone is 1. The van der Waals surface area contributed by atoms with E-state index in [0.717, 1.165) is 19.3 Å². The summed E-state index contributed by atoms with van der Waals surface area (Å²) in [5.74, 6) is -0.555. The van der Waals surface area contributed by atoms with Crippen LogP contribution in [0.5, 0.6) is 0 Å². The molecule has 2 amide bonds. The van der Waals surface area contributed by atoms with Crippen molar-refractivity contribution in [1.29, 1.82) is 0 Å². The van der Waals surface area contributed by atoms with Crippen molar-refractivity contribution in [3.63, 3.8) is 0 Å². The van der Waals surface area contributed by atoms with Gasteiger partial charge in [-0.25, -0.2) is 0 Å². The molecule has 6 heteroatoms. The second kappa shape index (κ2) is 6.88. The van der Waals surface area contributed by atoms with Crippen molar-refractivity contribution in [2.45, 2.75) is 39.0 Å². The molecule has 0 atom stereocenters. The van der Waals surface area contributed by atoms with Crippen LogP contribution in [0, 0.1) is 6.92 Å². The number of carbonyl (C=O) groups is 2. The van der Waals surface area contributed by atoms with Gasteiger partial charge in [0.15, 0.2) is 5.82 Å². The average Bonchev–Trinajstić information content (AvgIpc) is 2.85. The summed E-state index contributed by atoms with van der Waals surface area (Å²) in [5.41, 5.74) is 1.36. The smallest absolute Gasteiger partial charge is 0.314 e. The fourth-order valence-electron chi connectivity index (χ4n) is 2.15. The summed E-state index contributed by atoms with van der Waals surface area (Å²) in [6.45, 7) is 2.19. The first kappa shape index (κ1) is 14.3. The molecule has 20 heavy (non-hydrogen) atoms. The summed E-state index contributed by atoms with van der Waals surface area (Å²) in [6, 6.07) is 1.55. The van der Waals surface area contributed by atoms with E-state index in [0.29, 0.717) is 12.3 Å². The molecule has 0 radical (unpaired) electrons. The fraction of sp³-hybridized carbons (Fsp3) is 0.500. The van der Waals surface area contributed by atoms with E-state index in [-0.39, 0.29) is 5.82 Å². The van der Waals surface area contributed by atoms with E-state index in [4.69, 9.17) is 4.52 Å². The van der Waals surface area contributed by atoms with Crippen molar-refractivity contribution in [2.75, 3.05) is 11.9 Å². The molecule has 2 rings (SSSR count). The van der Waals surface area contributed by atoms with Gasteiger partial charge >= 0.3 is 11.8 Å². The molecule has 0 aliphatic heterocycles. The van der Waals surface area contributed by atoms with Crippen LogP contribution in [0.15, 0.2) is 22.2 Å². The Balaban J connectivity index is 1.71. The molecule has 0 aromatic carbocycles. The molecule has 0 unspecified atom stereocenters. The maximum absolute atomic E-state index is 11.6. The number of aromatic nitrogens is 1. The van der Waals surface area contributed by atoms with E-state index < -0.39 is 11.8 Å². The summed E-state index contributed by atoms with van der Waals surface area (Å²) in [6.07, 6.45) is 7.71. The number of anilines is 1. The summed E-state index contributed by atoms with van der Waals surface area (Å²) in [5, 5.41) is 8.58. The quantitative estimate of drug-likeness (QED) is 0.650. The van der Waals surface area contributed by atoms with Crippen LogP contribution in [-0.2, 0) is 9.59 Å². The Morgan fingerprint density at radius 2 is 2.20 bits per heavy atom. The first-order valence-electron chi connectivity index (χ1n) is 6.85. The molecule has 1 aromatic rings. The zero-order valence-electron chi connectivity index (χ0n) is 11.6. The highest BCUT2D eigenvalue weighted by Crippen LogP contribution is 2.19. The topological polar surface area (TPSA) is 84.2 Å². The van der Waals surface area contributed by atoms with Crippen LogP contribution in [0.4, 0.5) is 5.82 Å². The van der Waals surface area contributed by atoms with Gasteiger partial charge in [-0.2, -0.15) is 0 Å². The Bertz CT molecular complexity index is 519. The summed E-state index contributed by atoms with van der Waals surface area (Å²) >= 11 is 0. The normalized spacial score (nSPS) is 14.6. The SMILES string of the molecule is Cc1cc(NC(=O)C(=O)NCCC2=CCCCC2)no1. The highest BCUT2D eigenvalue weighted by Gasteiger charge is 2.15. The highest BCUT2D eigenvalue weighted by atomic mass is 16.5. The number of hydrogen-bond acceptors (Lipinski definition) is 4. The number of amides is 2. The minimum atomic E-state index is -0.726. The molecule has 1 aromatic heterocycles. The molecule has 0 fully saturated rings. The van der Waals surface area contributed by atoms with Crippen molar-refractivity contribution in [2.24, 2.45) is 0 Å². The lowest BCUT2D eigenvalue weighted by atomic mass is 9.97. The number of hydrogen-bond donors (Lipinski definition) is 2. The Hall–Kier alpha value is -2.11. The van der Waals surface area contributed by atoms with Gasteiger partial charge in [0.25, 0.3) is 0 Å². The first-order valence-corrected chi connectivity index (χ1v) is 6.85. The van der Waals surface area contributed by atoms with Crippen molar-refractivity contribution >= 4 is 17.6 Å². The number of aryl methyl sites for hydroxylation is 1. The summed E-state index contributed by atoms with van der Waals surface area (Å²) < 4.78 is 4.80. The first-order chi connectivity index (χ1) is 9.65. The van der Waals surface area contributed by atoms with Crippen molar-refractivity contribution in [3.8, 4) is 0 Å². The third-order valence-corrected chi connectivity index (χ3v) is 3.19. The van der Waals surface area contributed by atoms with Crippen LogP contribution in [-0.4, -0.2) is 23.5 Å². The van der Waals surface area contributed by atoms with Gasteiger partial charge in [0.2, 0.25) is 0 Å². The second-order valence-electron chi connectivity index (χ2n) is 4.89. The van der Waals surface area contributed by atoms with E-state index in [1.54, 1.807) is 13.0 Å². The Morgan fingerprint density at radius 3 is 2.85 bits per heavy atom. The van der Waals surface area contributed by atoms with E-state index in [2.05, 4.69) is 21.9 Å². The van der Waals surface area contributed by atoms with Crippen LogP contribution in [0.3, 0.4) is 0 Å². The van der Waals surface area contributed by atoms with E-state index in [1.165, 1.54) is 18.4 Å². The molecule has 0 saturated heterocycles. The maximum Gasteiger partial charge on any atom is 0.314 e. The van der Waals surface area contributed by atoms with Crippen molar-refractivity contribution in [3.05, 3.63) is 23.5 Å². The molecule has 0 bridgehead atoms. The van der Waals surface area contributed by atoms with Gasteiger partial charge in [0.05, 0.1) is 0 Å². The Labute approximate surface area is 117 Å². The van der Waals surface area contributed by atoms with Gasteiger partial charge in [0, 0.05) is 12.6 Å². The summed E-state index contributed by atoms with van der Waals surface area (Å²) in [4.78, 5) is 23.2. The van der Waals surface area contributed by atoms with Crippen molar-refractivity contribution in [1.82, 2.24) is 10.5 Å². The van der Waals surface area contributed by atoms with E-state index in [9.17, 15) is 9.59 Å². The number of nitrogens with zero attached hydrogens (tertiary/aromatic N) is 1. The zero-order chi connectivity index (χ0) is 14.4. The van der Waals surface area contributed by atoms with Gasteiger partial charge in [0.1, 0.15) is 5.76 Å². The molecule has 0 spiro atoms. The Kier molecular flexibility index (Phi) is 4.92. The minimum Gasteiger partial charge on any atom is -0.360 e. The third kappa shape index (κ3) is 4.22. The van der Waals surface area contributed by atoms with Crippen LogP contribution < -0.4 is 10.6 Å². The largest absolute Gasteiger partial charge is 0.360 e. The van der Waals surface area contributed by atoms with Crippen molar-refractivity contribution < 1.29 is 14.1 Å². The van der Waals surface area contributed by atoms with Crippen LogP contribution in [0.2, 0.25) is 0 Å². The van der Waals surface area contributed by atoms with Gasteiger partial charge in [-0.1, -0.05) is 16.8 Å². The van der Waals surface area contributed by atoms with E-state index in [1.807, 2.05) is 0 Å². The molecule has 108 valence electrons. The molecule has 1 aliphatic rings. The predicted molar refractivity (Wildman–Crippen MR) is 74.0 cm³/mol. The van der Waals surface area contributed by atoms with Crippen LogP contribution in [0.25, 0.3) is 0 Å². The Morgan fingerprint density at radius 1 is 1.35 bits per heavy atom. The number of carbonyl (C=O) groups excluding carboxylic acids is 2. The molecule has 1 aliphatic carbocycles. The van der Waals surface area contributed by atoms with Crippen LogP contribution >= 0.6 is 0 Å². The fourth-order valence-corrected chi connectivity index (χ4v) is 2.15. The lowest BCUT2D eigenvalue weighted by Gasteiger charge is -2.12. The van der Waals surface area contributed by atoms with Gasteiger partial charge < -0.3 is 9.84 Å². The minimum absolute atomic E-state index is 0.248.